The van der Waals surface area contributed by atoms with Crippen LogP contribution in [0.5, 0.6) is 0 Å². The number of rotatable bonds is 4. The number of thiophene rings is 1. The van der Waals surface area contributed by atoms with Gasteiger partial charge in [-0.2, -0.15) is 0 Å². The van der Waals surface area contributed by atoms with Crippen LogP contribution in [0.3, 0.4) is 0 Å². The van der Waals surface area contributed by atoms with E-state index < -0.39 is 0 Å². The lowest BCUT2D eigenvalue weighted by molar-refractivity contribution is 0.146. The van der Waals surface area contributed by atoms with Crippen LogP contribution >= 0.6 is 23.7 Å². The first kappa shape index (κ1) is 19.0. The number of nitrogens with one attached hydrogen (secondary N) is 1. The molecule has 1 aliphatic heterocycles. The maximum absolute atomic E-state index is 13.1. The van der Waals surface area contributed by atoms with Gasteiger partial charge in [0.25, 0.3) is 0 Å². The van der Waals surface area contributed by atoms with E-state index >= 15 is 0 Å². The lowest BCUT2D eigenvalue weighted by Crippen LogP contribution is -2.46. The molecule has 3 heterocycles. The van der Waals surface area contributed by atoms with Crippen molar-refractivity contribution in [2.24, 2.45) is 7.05 Å². The highest BCUT2D eigenvalue weighted by molar-refractivity contribution is 7.15. The molecule has 4 rings (SSSR count). The molecular weight excluding hydrogens is 371 g/mol. The van der Waals surface area contributed by atoms with Crippen LogP contribution in [-0.2, 0) is 13.6 Å². The Morgan fingerprint density at radius 2 is 2.04 bits per heavy atom. The second-order valence-corrected chi connectivity index (χ2v) is 7.53. The van der Waals surface area contributed by atoms with E-state index in [2.05, 4.69) is 31.9 Å². The third-order valence-corrected chi connectivity index (χ3v) is 5.78. The van der Waals surface area contributed by atoms with E-state index in [0.29, 0.717) is 0 Å². The van der Waals surface area contributed by atoms with Crippen molar-refractivity contribution < 1.29 is 4.39 Å². The predicted octanol–water partition coefficient (Wildman–Crippen LogP) is 3.86. The Morgan fingerprint density at radius 3 is 2.77 bits per heavy atom. The van der Waals surface area contributed by atoms with Gasteiger partial charge in [-0.05, 0) is 29.8 Å². The average molecular weight is 393 g/mol. The molecule has 1 unspecified atom stereocenters. The third kappa shape index (κ3) is 3.99. The van der Waals surface area contributed by atoms with Crippen LogP contribution in [0.15, 0.2) is 48.8 Å². The molecule has 0 saturated carbocycles. The van der Waals surface area contributed by atoms with Gasteiger partial charge in [-0.15, -0.1) is 23.7 Å². The molecule has 0 radical (unpaired) electrons. The molecule has 3 aromatic rings. The summed E-state index contributed by atoms with van der Waals surface area (Å²) < 4.78 is 15.2. The van der Waals surface area contributed by atoms with Gasteiger partial charge in [0.2, 0.25) is 0 Å². The highest BCUT2D eigenvalue weighted by atomic mass is 35.5. The standard InChI is InChI=1S/C19H21FN4S.ClH/c1-23-10-9-22-19(23)17-12-21-8-11-24(17)13-16-6-7-18(25-16)14-2-4-15(20)5-3-14;/h2-7,9-10,17,21H,8,11-13H2,1H3;1H. The Morgan fingerprint density at radius 1 is 1.23 bits per heavy atom. The number of benzene rings is 1. The number of aryl methyl sites for hydroxylation is 1. The van der Waals surface area contributed by atoms with Crippen LogP contribution in [-0.4, -0.2) is 34.1 Å². The molecule has 1 atom stereocenters. The molecule has 2 aromatic heterocycles. The highest BCUT2D eigenvalue weighted by Crippen LogP contribution is 2.31. The van der Waals surface area contributed by atoms with Crippen LogP contribution in [0.25, 0.3) is 10.4 Å². The van der Waals surface area contributed by atoms with Gasteiger partial charge in [-0.3, -0.25) is 4.90 Å². The van der Waals surface area contributed by atoms with Crippen molar-refractivity contribution in [2.75, 3.05) is 19.6 Å². The van der Waals surface area contributed by atoms with Crippen LogP contribution in [0.2, 0.25) is 0 Å². The first-order valence-corrected chi connectivity index (χ1v) is 9.29. The zero-order valence-electron chi connectivity index (χ0n) is 14.6. The molecule has 7 heteroatoms. The molecule has 1 fully saturated rings. The van der Waals surface area contributed by atoms with Gasteiger partial charge in [0.15, 0.2) is 0 Å². The highest BCUT2D eigenvalue weighted by Gasteiger charge is 2.27. The molecule has 1 N–H and O–H groups in total. The Bertz CT molecular complexity index is 845. The monoisotopic (exact) mass is 392 g/mol. The van der Waals surface area contributed by atoms with E-state index in [-0.39, 0.29) is 24.3 Å². The van der Waals surface area contributed by atoms with Gasteiger partial charge in [0.05, 0.1) is 6.04 Å². The van der Waals surface area contributed by atoms with E-state index in [1.807, 2.05) is 31.6 Å². The smallest absolute Gasteiger partial charge is 0.127 e. The fraction of sp³-hybridized carbons (Fsp3) is 0.316. The zero-order chi connectivity index (χ0) is 17.2. The summed E-state index contributed by atoms with van der Waals surface area (Å²) >= 11 is 1.78. The Balaban J connectivity index is 0.00000196. The van der Waals surface area contributed by atoms with Crippen LogP contribution < -0.4 is 5.32 Å². The zero-order valence-corrected chi connectivity index (χ0v) is 16.2. The van der Waals surface area contributed by atoms with Crippen molar-refractivity contribution in [3.05, 3.63) is 65.3 Å². The number of imidazole rings is 1. The second kappa shape index (κ2) is 8.31. The van der Waals surface area contributed by atoms with E-state index in [9.17, 15) is 4.39 Å². The van der Waals surface area contributed by atoms with Gasteiger partial charge in [-0.1, -0.05) is 12.1 Å². The van der Waals surface area contributed by atoms with Crippen molar-refractivity contribution >= 4 is 23.7 Å². The number of hydrogen-bond donors (Lipinski definition) is 1. The molecule has 1 aliphatic rings. The molecule has 1 saturated heterocycles. The van der Waals surface area contributed by atoms with Crippen LogP contribution in [0.1, 0.15) is 16.7 Å². The number of nitrogens with zero attached hydrogens (tertiary/aromatic N) is 3. The number of hydrogen-bond acceptors (Lipinski definition) is 4. The topological polar surface area (TPSA) is 33.1 Å². The van der Waals surface area contributed by atoms with Crippen molar-refractivity contribution in [3.63, 3.8) is 0 Å². The molecular formula is C19H22ClFN4S. The summed E-state index contributed by atoms with van der Waals surface area (Å²) in [5.74, 6) is 0.904. The summed E-state index contributed by atoms with van der Waals surface area (Å²) in [5.41, 5.74) is 1.07. The summed E-state index contributed by atoms with van der Waals surface area (Å²) in [6, 6.07) is 11.3. The van der Waals surface area contributed by atoms with E-state index in [1.165, 1.54) is 21.9 Å². The fourth-order valence-electron chi connectivity index (χ4n) is 3.32. The van der Waals surface area contributed by atoms with Gasteiger partial charge < -0.3 is 9.88 Å². The second-order valence-electron chi connectivity index (χ2n) is 6.36. The minimum atomic E-state index is -0.195. The average Bonchev–Trinajstić information content (AvgIpc) is 3.25. The quantitative estimate of drug-likeness (QED) is 0.732. The minimum absolute atomic E-state index is 0. The number of halogens is 2. The first-order valence-electron chi connectivity index (χ1n) is 8.47. The van der Waals surface area contributed by atoms with Gasteiger partial charge in [0.1, 0.15) is 11.6 Å². The number of piperazine rings is 1. The van der Waals surface area contributed by atoms with E-state index in [0.717, 1.165) is 37.6 Å². The van der Waals surface area contributed by atoms with Crippen LogP contribution in [0, 0.1) is 5.82 Å². The molecule has 138 valence electrons. The first-order chi connectivity index (χ1) is 12.2. The van der Waals surface area contributed by atoms with Crippen molar-refractivity contribution in [1.82, 2.24) is 19.8 Å². The molecule has 4 nitrogen and oxygen atoms in total. The maximum atomic E-state index is 13.1. The molecule has 26 heavy (non-hydrogen) atoms. The largest absolute Gasteiger partial charge is 0.337 e. The molecule has 0 spiro atoms. The molecule has 0 amide bonds. The molecule has 0 aliphatic carbocycles. The lowest BCUT2D eigenvalue weighted by Gasteiger charge is -2.35. The summed E-state index contributed by atoms with van der Waals surface area (Å²) in [5, 5.41) is 3.48. The minimum Gasteiger partial charge on any atom is -0.337 e. The summed E-state index contributed by atoms with van der Waals surface area (Å²) in [7, 11) is 2.05. The normalized spacial score (nSPS) is 17.8. The van der Waals surface area contributed by atoms with Gasteiger partial charge in [0, 0.05) is 55.4 Å². The molecule has 1 aromatic carbocycles. The maximum Gasteiger partial charge on any atom is 0.127 e. The SMILES string of the molecule is Cl.Cn1ccnc1C1CNCCN1Cc1ccc(-c2ccc(F)cc2)s1. The van der Waals surface area contributed by atoms with Crippen molar-refractivity contribution in [2.45, 2.75) is 12.6 Å². The van der Waals surface area contributed by atoms with E-state index in [1.54, 1.807) is 11.3 Å². The van der Waals surface area contributed by atoms with Crippen LogP contribution in [0.4, 0.5) is 4.39 Å². The lowest BCUT2D eigenvalue weighted by atomic mass is 10.1. The summed E-state index contributed by atoms with van der Waals surface area (Å²) in [6.07, 6.45) is 3.86. The van der Waals surface area contributed by atoms with Crippen molar-refractivity contribution in [3.8, 4) is 10.4 Å². The summed E-state index contributed by atoms with van der Waals surface area (Å²) in [6.45, 7) is 3.82. The Labute approximate surface area is 163 Å². The Kier molecular flexibility index (Phi) is 6.09. The third-order valence-electron chi connectivity index (χ3n) is 4.66. The summed E-state index contributed by atoms with van der Waals surface area (Å²) in [4.78, 5) is 9.53. The predicted molar refractivity (Wildman–Crippen MR) is 106 cm³/mol. The fourth-order valence-corrected chi connectivity index (χ4v) is 4.36. The van der Waals surface area contributed by atoms with Gasteiger partial charge in [-0.25, -0.2) is 9.37 Å². The van der Waals surface area contributed by atoms with E-state index in [4.69, 9.17) is 0 Å². The van der Waals surface area contributed by atoms with Crippen molar-refractivity contribution in [1.29, 1.82) is 0 Å². The molecule has 0 bridgehead atoms. The van der Waals surface area contributed by atoms with Gasteiger partial charge >= 0.3 is 0 Å². The number of aromatic nitrogens is 2. The Hall–Kier alpha value is -1.73.